The minimum Gasteiger partial charge on any atom is -0.492 e. The average Bonchev–Trinajstić information content (AvgIpc) is 3.35. The Hall–Kier alpha value is -2.67. The molecule has 4 heterocycles. The van der Waals surface area contributed by atoms with Crippen molar-refractivity contribution < 1.29 is 9.53 Å². The molecule has 5 rings (SSSR count). The molecule has 0 aliphatic carbocycles. The largest absolute Gasteiger partial charge is 0.492 e. The second-order valence-corrected chi connectivity index (χ2v) is 8.67. The van der Waals surface area contributed by atoms with Crippen molar-refractivity contribution >= 4 is 17.2 Å². The number of nitrogens with one attached hydrogen (secondary N) is 1. The molecule has 3 aromatic rings. The number of carbonyl (C=O) groups excluding carboxylic acids is 1. The second kappa shape index (κ2) is 7.05. The summed E-state index contributed by atoms with van der Waals surface area (Å²) in [5.74, 6) is 1.45. The minimum atomic E-state index is 0.0714. The number of fused-ring (bicyclic) bond motifs is 3. The molecule has 1 saturated heterocycles. The number of rotatable bonds is 2. The Kier molecular flexibility index (Phi) is 4.39. The number of H-pyrrole nitrogens is 1. The lowest BCUT2D eigenvalue weighted by Gasteiger charge is -2.30. The SMILES string of the molecule is C[C@@H]1CCCN(C(=O)c2nc3c(s2)CCOc2cc(-c4cn[nH]c4)ccc2-3)C1. The van der Waals surface area contributed by atoms with Crippen LogP contribution in [0.1, 0.15) is 34.4 Å². The van der Waals surface area contributed by atoms with Crippen LogP contribution in [0.3, 0.4) is 0 Å². The fraction of sp³-hybridized carbons (Fsp3) is 0.381. The molecule has 7 heteroatoms. The van der Waals surface area contributed by atoms with Crippen molar-refractivity contribution in [3.05, 3.63) is 40.5 Å². The quantitative estimate of drug-likeness (QED) is 0.713. The van der Waals surface area contributed by atoms with Crippen molar-refractivity contribution in [3.63, 3.8) is 0 Å². The molecule has 2 aliphatic rings. The number of aromatic amines is 1. The molecule has 1 atom stereocenters. The van der Waals surface area contributed by atoms with E-state index in [1.165, 1.54) is 17.8 Å². The molecule has 0 bridgehead atoms. The number of hydrogen-bond donors (Lipinski definition) is 1. The molecule has 1 N–H and O–H groups in total. The number of thiazole rings is 1. The van der Waals surface area contributed by atoms with Crippen molar-refractivity contribution in [2.45, 2.75) is 26.2 Å². The van der Waals surface area contributed by atoms with Crippen LogP contribution in [0.2, 0.25) is 0 Å². The number of piperidine rings is 1. The van der Waals surface area contributed by atoms with Gasteiger partial charge in [-0.1, -0.05) is 13.0 Å². The number of benzene rings is 1. The molecule has 144 valence electrons. The summed E-state index contributed by atoms with van der Waals surface area (Å²) in [5.41, 5.74) is 3.92. The van der Waals surface area contributed by atoms with E-state index in [9.17, 15) is 4.79 Å². The van der Waals surface area contributed by atoms with E-state index in [-0.39, 0.29) is 5.91 Å². The molecule has 1 amide bonds. The molecule has 0 spiro atoms. The zero-order valence-corrected chi connectivity index (χ0v) is 16.6. The lowest BCUT2D eigenvalue weighted by atomic mass is 10.0. The topological polar surface area (TPSA) is 71.1 Å². The smallest absolute Gasteiger partial charge is 0.282 e. The number of likely N-dealkylation sites (tertiary alicyclic amines) is 1. The lowest BCUT2D eigenvalue weighted by Crippen LogP contribution is -2.39. The zero-order chi connectivity index (χ0) is 19.1. The molecular formula is C21H22N4O2S. The third-order valence-electron chi connectivity index (χ3n) is 5.48. The first kappa shape index (κ1) is 17.4. The molecule has 2 aromatic heterocycles. The van der Waals surface area contributed by atoms with Gasteiger partial charge in [0.15, 0.2) is 5.01 Å². The standard InChI is InChI=1S/C21H22N4O2S/c1-13-3-2-7-25(12-13)21(26)20-24-19-16-5-4-14(15-10-22-23-11-15)9-17(16)27-8-6-18(19)28-20/h4-5,9-11,13H,2-3,6-8,12H2,1H3,(H,22,23)/t13-/m1/s1. The minimum absolute atomic E-state index is 0.0714. The molecule has 1 aromatic carbocycles. The number of carbonyl (C=O) groups is 1. The van der Waals surface area contributed by atoms with Crippen LogP contribution in [0.5, 0.6) is 5.75 Å². The van der Waals surface area contributed by atoms with Crippen molar-refractivity contribution in [2.24, 2.45) is 5.92 Å². The van der Waals surface area contributed by atoms with Gasteiger partial charge in [0.25, 0.3) is 5.91 Å². The summed E-state index contributed by atoms with van der Waals surface area (Å²) in [6.45, 7) is 4.46. The fourth-order valence-corrected chi connectivity index (χ4v) is 5.04. The van der Waals surface area contributed by atoms with Crippen LogP contribution in [0.25, 0.3) is 22.4 Å². The summed E-state index contributed by atoms with van der Waals surface area (Å²) in [5, 5.41) is 7.46. The van der Waals surface area contributed by atoms with Crippen molar-refractivity contribution in [1.29, 1.82) is 0 Å². The van der Waals surface area contributed by atoms with Crippen LogP contribution < -0.4 is 4.74 Å². The Morgan fingerprint density at radius 3 is 3.11 bits per heavy atom. The highest BCUT2D eigenvalue weighted by Gasteiger charge is 2.28. The maximum Gasteiger partial charge on any atom is 0.282 e. The van der Waals surface area contributed by atoms with Gasteiger partial charge in [-0.3, -0.25) is 9.89 Å². The van der Waals surface area contributed by atoms with Crippen LogP contribution in [0.4, 0.5) is 0 Å². The van der Waals surface area contributed by atoms with E-state index in [2.05, 4.69) is 23.2 Å². The molecule has 0 radical (unpaired) electrons. The maximum absolute atomic E-state index is 13.0. The molecule has 1 fully saturated rings. The van der Waals surface area contributed by atoms with Crippen LogP contribution in [0, 0.1) is 5.92 Å². The van der Waals surface area contributed by atoms with Gasteiger partial charge in [0.05, 0.1) is 18.5 Å². The number of aromatic nitrogens is 3. The number of ether oxygens (including phenoxy) is 1. The van der Waals surface area contributed by atoms with Gasteiger partial charge in [0.1, 0.15) is 5.75 Å². The lowest BCUT2D eigenvalue weighted by molar-refractivity contribution is 0.0682. The highest BCUT2D eigenvalue weighted by molar-refractivity contribution is 7.14. The highest BCUT2D eigenvalue weighted by Crippen LogP contribution is 2.40. The summed E-state index contributed by atoms with van der Waals surface area (Å²) in [7, 11) is 0. The van der Waals surface area contributed by atoms with Gasteiger partial charge < -0.3 is 9.64 Å². The van der Waals surface area contributed by atoms with Crippen LogP contribution in [-0.4, -0.2) is 45.7 Å². The Balaban J connectivity index is 1.49. The first-order valence-electron chi connectivity index (χ1n) is 9.74. The van der Waals surface area contributed by atoms with Gasteiger partial charge >= 0.3 is 0 Å². The Morgan fingerprint density at radius 1 is 1.36 bits per heavy atom. The Morgan fingerprint density at radius 2 is 2.29 bits per heavy atom. The summed E-state index contributed by atoms with van der Waals surface area (Å²) >= 11 is 1.52. The number of nitrogens with zero attached hydrogens (tertiary/aromatic N) is 3. The van der Waals surface area contributed by atoms with Gasteiger partial charge in [-0.2, -0.15) is 5.10 Å². The van der Waals surface area contributed by atoms with Gasteiger partial charge in [-0.25, -0.2) is 4.98 Å². The van der Waals surface area contributed by atoms with E-state index in [0.29, 0.717) is 17.5 Å². The van der Waals surface area contributed by atoms with Gasteiger partial charge in [-0.05, 0) is 36.5 Å². The summed E-state index contributed by atoms with van der Waals surface area (Å²) in [4.78, 5) is 20.9. The van der Waals surface area contributed by atoms with Gasteiger partial charge in [-0.15, -0.1) is 11.3 Å². The van der Waals surface area contributed by atoms with Crippen LogP contribution in [0.15, 0.2) is 30.6 Å². The summed E-state index contributed by atoms with van der Waals surface area (Å²) in [6, 6.07) is 6.12. The van der Waals surface area contributed by atoms with E-state index in [4.69, 9.17) is 9.72 Å². The predicted molar refractivity (Wildman–Crippen MR) is 109 cm³/mol. The van der Waals surface area contributed by atoms with Crippen molar-refractivity contribution in [1.82, 2.24) is 20.1 Å². The fourth-order valence-electron chi connectivity index (χ4n) is 4.01. The van der Waals surface area contributed by atoms with E-state index in [0.717, 1.165) is 58.9 Å². The third-order valence-corrected chi connectivity index (χ3v) is 6.58. The first-order valence-corrected chi connectivity index (χ1v) is 10.6. The summed E-state index contributed by atoms with van der Waals surface area (Å²) < 4.78 is 6.00. The number of amides is 1. The van der Waals surface area contributed by atoms with Crippen LogP contribution in [-0.2, 0) is 6.42 Å². The van der Waals surface area contributed by atoms with Gasteiger partial charge in [0, 0.05) is 41.7 Å². The second-order valence-electron chi connectivity index (χ2n) is 7.59. The molecule has 2 aliphatic heterocycles. The maximum atomic E-state index is 13.0. The average molecular weight is 395 g/mol. The molecule has 6 nitrogen and oxygen atoms in total. The van der Waals surface area contributed by atoms with Crippen molar-refractivity contribution in [2.75, 3.05) is 19.7 Å². The van der Waals surface area contributed by atoms with Gasteiger partial charge in [0.2, 0.25) is 0 Å². The molecule has 0 saturated carbocycles. The molecule has 0 unspecified atom stereocenters. The van der Waals surface area contributed by atoms with E-state index in [1.54, 1.807) is 6.20 Å². The van der Waals surface area contributed by atoms with E-state index >= 15 is 0 Å². The molecular weight excluding hydrogens is 372 g/mol. The number of hydrogen-bond acceptors (Lipinski definition) is 5. The Labute approximate surface area is 167 Å². The predicted octanol–water partition coefficient (Wildman–Crippen LogP) is 4.01. The monoisotopic (exact) mass is 394 g/mol. The summed E-state index contributed by atoms with van der Waals surface area (Å²) in [6.07, 6.45) is 6.70. The van der Waals surface area contributed by atoms with Crippen LogP contribution >= 0.6 is 11.3 Å². The zero-order valence-electron chi connectivity index (χ0n) is 15.8. The highest BCUT2D eigenvalue weighted by atomic mass is 32.1. The normalized spacial score (nSPS) is 18.8. The van der Waals surface area contributed by atoms with Crippen molar-refractivity contribution in [3.8, 4) is 28.1 Å². The molecule has 28 heavy (non-hydrogen) atoms. The Bertz CT molecular complexity index is 1010. The van der Waals surface area contributed by atoms with E-state index < -0.39 is 0 Å². The van der Waals surface area contributed by atoms with E-state index in [1.807, 2.05) is 23.2 Å². The third kappa shape index (κ3) is 3.09. The first-order chi connectivity index (χ1) is 13.7.